The Morgan fingerprint density at radius 2 is 2.12 bits per heavy atom. The molecule has 1 aromatic heterocycles. The first-order valence-corrected chi connectivity index (χ1v) is 8.70. The molecular weight excluding hydrogens is 318 g/mol. The van der Waals surface area contributed by atoms with E-state index in [1.165, 1.54) is 5.56 Å². The quantitative estimate of drug-likeness (QED) is 0.799. The highest BCUT2D eigenvalue weighted by Gasteiger charge is 2.40. The van der Waals surface area contributed by atoms with Gasteiger partial charge < -0.3 is 14.4 Å². The van der Waals surface area contributed by atoms with Gasteiger partial charge >= 0.3 is 0 Å². The van der Waals surface area contributed by atoms with Crippen LogP contribution in [0, 0.1) is 12.8 Å². The molecule has 6 nitrogen and oxygen atoms in total. The number of carbonyl (C=O) groups is 1. The molecule has 1 saturated heterocycles. The van der Waals surface area contributed by atoms with Gasteiger partial charge in [0.1, 0.15) is 5.82 Å². The third-order valence-corrected chi connectivity index (χ3v) is 5.50. The zero-order valence-electron chi connectivity index (χ0n) is 14.1. The average Bonchev–Trinajstić information content (AvgIpc) is 3.27. The van der Waals surface area contributed by atoms with E-state index < -0.39 is 0 Å². The molecule has 1 amide bonds. The molecule has 0 unspecified atom stereocenters. The molecule has 1 aromatic carbocycles. The van der Waals surface area contributed by atoms with E-state index in [0.29, 0.717) is 28.9 Å². The van der Waals surface area contributed by atoms with Crippen LogP contribution in [0.3, 0.4) is 0 Å². The molecule has 1 aliphatic carbocycles. The number of likely N-dealkylation sites (tertiary alicyclic amines) is 1. The van der Waals surface area contributed by atoms with E-state index in [4.69, 9.17) is 9.47 Å². The summed E-state index contributed by atoms with van der Waals surface area (Å²) in [4.78, 5) is 23.9. The van der Waals surface area contributed by atoms with Gasteiger partial charge in [0.2, 0.25) is 6.79 Å². The van der Waals surface area contributed by atoms with Gasteiger partial charge in [-0.2, -0.15) is 0 Å². The van der Waals surface area contributed by atoms with Crippen LogP contribution in [0.15, 0.2) is 24.4 Å². The van der Waals surface area contributed by atoms with Crippen molar-refractivity contribution in [1.82, 2.24) is 14.9 Å². The van der Waals surface area contributed by atoms with Crippen molar-refractivity contribution >= 4 is 5.91 Å². The van der Waals surface area contributed by atoms with E-state index >= 15 is 0 Å². The smallest absolute Gasteiger partial charge is 0.254 e. The highest BCUT2D eigenvalue weighted by molar-refractivity contribution is 5.95. The first-order valence-electron chi connectivity index (χ1n) is 8.70. The summed E-state index contributed by atoms with van der Waals surface area (Å²) < 4.78 is 10.7. The zero-order chi connectivity index (χ0) is 17.0. The Balaban J connectivity index is 1.41. The van der Waals surface area contributed by atoms with Crippen LogP contribution in [0.25, 0.3) is 0 Å². The first kappa shape index (κ1) is 14.7. The van der Waals surface area contributed by atoms with Crippen molar-refractivity contribution in [3.8, 4) is 11.5 Å². The summed E-state index contributed by atoms with van der Waals surface area (Å²) in [6.07, 6.45) is 4.05. The van der Waals surface area contributed by atoms with Crippen molar-refractivity contribution in [3.63, 3.8) is 0 Å². The van der Waals surface area contributed by atoms with E-state index in [2.05, 4.69) is 9.97 Å². The van der Waals surface area contributed by atoms with Gasteiger partial charge in [-0.05, 0) is 49.4 Å². The monoisotopic (exact) mass is 337 g/mol. The molecule has 3 aliphatic rings. The fourth-order valence-corrected chi connectivity index (χ4v) is 4.22. The molecule has 0 saturated carbocycles. The van der Waals surface area contributed by atoms with Gasteiger partial charge in [0.05, 0.1) is 5.69 Å². The molecule has 2 aliphatic heterocycles. The van der Waals surface area contributed by atoms with Crippen LogP contribution in [0.5, 0.6) is 11.5 Å². The second-order valence-electron chi connectivity index (χ2n) is 7.01. The van der Waals surface area contributed by atoms with Crippen molar-refractivity contribution < 1.29 is 14.3 Å². The van der Waals surface area contributed by atoms with Crippen LogP contribution >= 0.6 is 0 Å². The molecule has 5 rings (SSSR count). The maximum Gasteiger partial charge on any atom is 0.254 e. The second-order valence-corrected chi connectivity index (χ2v) is 7.01. The molecule has 25 heavy (non-hydrogen) atoms. The van der Waals surface area contributed by atoms with Crippen LogP contribution in [-0.2, 0) is 6.42 Å². The van der Waals surface area contributed by atoms with Crippen LogP contribution in [0.4, 0.5) is 0 Å². The maximum absolute atomic E-state index is 13.0. The summed E-state index contributed by atoms with van der Waals surface area (Å²) >= 11 is 0. The Hall–Kier alpha value is -2.63. The number of amides is 1. The minimum absolute atomic E-state index is 0.0556. The molecule has 0 bridgehead atoms. The number of aromatic nitrogens is 2. The van der Waals surface area contributed by atoms with Crippen molar-refractivity contribution in [1.29, 1.82) is 0 Å². The lowest BCUT2D eigenvalue weighted by atomic mass is 9.80. The number of benzene rings is 1. The SMILES string of the molecule is Cc1ncc2c(n1)[C@@H]1CN(C(=O)c3ccc4c(c3)OCO4)C[C@@H]1CC2. The number of fused-ring (bicyclic) bond motifs is 4. The third kappa shape index (κ3) is 2.35. The van der Waals surface area contributed by atoms with E-state index in [1.54, 1.807) is 6.07 Å². The molecule has 0 N–H and O–H groups in total. The number of carbonyl (C=O) groups excluding carboxylic acids is 1. The number of hydrogen-bond donors (Lipinski definition) is 0. The number of ether oxygens (including phenoxy) is 2. The molecule has 2 atom stereocenters. The largest absolute Gasteiger partial charge is 0.454 e. The van der Waals surface area contributed by atoms with E-state index in [-0.39, 0.29) is 12.7 Å². The number of aryl methyl sites for hydroxylation is 2. The lowest BCUT2D eigenvalue weighted by Crippen LogP contribution is -2.28. The number of rotatable bonds is 1. The molecule has 1 fully saturated rings. The second kappa shape index (κ2) is 5.44. The Kier molecular flexibility index (Phi) is 3.20. The van der Waals surface area contributed by atoms with Gasteiger partial charge in [-0.25, -0.2) is 9.97 Å². The van der Waals surface area contributed by atoms with Crippen LogP contribution in [0.1, 0.15) is 39.8 Å². The Bertz CT molecular complexity index is 867. The summed E-state index contributed by atoms with van der Waals surface area (Å²) in [6.45, 7) is 3.66. The summed E-state index contributed by atoms with van der Waals surface area (Å²) in [5.41, 5.74) is 3.04. The Labute approximate surface area is 145 Å². The van der Waals surface area contributed by atoms with E-state index in [1.807, 2.05) is 30.2 Å². The van der Waals surface area contributed by atoms with Crippen molar-refractivity contribution in [3.05, 3.63) is 47.0 Å². The van der Waals surface area contributed by atoms with Crippen LogP contribution in [-0.4, -0.2) is 40.7 Å². The lowest BCUT2D eigenvalue weighted by Gasteiger charge is -2.25. The third-order valence-electron chi connectivity index (χ3n) is 5.50. The lowest BCUT2D eigenvalue weighted by molar-refractivity contribution is 0.0785. The van der Waals surface area contributed by atoms with Gasteiger partial charge in [-0.1, -0.05) is 0 Å². The zero-order valence-corrected chi connectivity index (χ0v) is 14.1. The Morgan fingerprint density at radius 1 is 1.24 bits per heavy atom. The maximum atomic E-state index is 13.0. The molecule has 6 heteroatoms. The van der Waals surface area contributed by atoms with Gasteiger partial charge in [0.25, 0.3) is 5.91 Å². The van der Waals surface area contributed by atoms with Crippen LogP contribution in [0.2, 0.25) is 0 Å². The van der Waals surface area contributed by atoms with Crippen molar-refractivity contribution in [2.24, 2.45) is 5.92 Å². The number of hydrogen-bond acceptors (Lipinski definition) is 5. The highest BCUT2D eigenvalue weighted by atomic mass is 16.7. The fraction of sp³-hybridized carbons (Fsp3) is 0.421. The topological polar surface area (TPSA) is 64.6 Å². The predicted octanol–water partition coefficient (Wildman–Crippen LogP) is 2.32. The molecule has 3 heterocycles. The van der Waals surface area contributed by atoms with Crippen molar-refractivity contribution in [2.75, 3.05) is 19.9 Å². The summed E-state index contributed by atoms with van der Waals surface area (Å²) in [6, 6.07) is 5.41. The van der Waals surface area contributed by atoms with Crippen molar-refractivity contribution in [2.45, 2.75) is 25.7 Å². The standard InChI is InChI=1S/C19H19N3O3/c1-11-20-7-13-2-3-14-8-22(9-15(14)18(13)21-11)19(23)12-4-5-16-17(6-12)25-10-24-16/h4-7,14-15H,2-3,8-10H2,1H3/t14-,15+/m0/s1. The van der Waals surface area contributed by atoms with E-state index in [0.717, 1.165) is 37.4 Å². The molecule has 0 radical (unpaired) electrons. The highest BCUT2D eigenvalue weighted by Crippen LogP contribution is 2.41. The van der Waals surface area contributed by atoms with Gasteiger partial charge in [0.15, 0.2) is 11.5 Å². The summed E-state index contributed by atoms with van der Waals surface area (Å²) in [5, 5.41) is 0. The minimum atomic E-state index is 0.0556. The molecular formula is C19H19N3O3. The molecule has 0 spiro atoms. The van der Waals surface area contributed by atoms with E-state index in [9.17, 15) is 4.79 Å². The number of nitrogens with zero attached hydrogens (tertiary/aromatic N) is 3. The normalized spacial score (nSPS) is 23.3. The van der Waals surface area contributed by atoms with Gasteiger partial charge in [-0.3, -0.25) is 4.79 Å². The summed E-state index contributed by atoms with van der Waals surface area (Å²) in [7, 11) is 0. The minimum Gasteiger partial charge on any atom is -0.454 e. The summed E-state index contributed by atoms with van der Waals surface area (Å²) in [5.74, 6) is 3.02. The average molecular weight is 337 g/mol. The predicted molar refractivity (Wildman–Crippen MR) is 89.8 cm³/mol. The first-order chi connectivity index (χ1) is 12.2. The molecule has 128 valence electrons. The Morgan fingerprint density at radius 3 is 3.04 bits per heavy atom. The molecule has 2 aromatic rings. The van der Waals surface area contributed by atoms with Gasteiger partial charge in [0, 0.05) is 30.8 Å². The van der Waals surface area contributed by atoms with Crippen LogP contribution < -0.4 is 9.47 Å². The fourth-order valence-electron chi connectivity index (χ4n) is 4.22. The van der Waals surface area contributed by atoms with Gasteiger partial charge in [-0.15, -0.1) is 0 Å².